The maximum Gasteiger partial charge on any atom is 0.341 e. The second kappa shape index (κ2) is 7.79. The van der Waals surface area contributed by atoms with Crippen molar-refractivity contribution >= 4 is 34.2 Å². The Morgan fingerprint density at radius 2 is 1.92 bits per heavy atom. The summed E-state index contributed by atoms with van der Waals surface area (Å²) < 4.78 is 10.1. The number of aryl methyl sites for hydroxylation is 1. The van der Waals surface area contributed by atoms with Crippen LogP contribution < -0.4 is 5.32 Å². The van der Waals surface area contributed by atoms with Crippen LogP contribution in [-0.2, 0) is 25.5 Å². The Morgan fingerprint density at radius 1 is 1.25 bits per heavy atom. The van der Waals surface area contributed by atoms with Crippen molar-refractivity contribution in [1.29, 1.82) is 0 Å². The zero-order valence-corrected chi connectivity index (χ0v) is 15.2. The lowest BCUT2D eigenvalue weighted by atomic mass is 10.1. The molecule has 0 aromatic carbocycles. The van der Waals surface area contributed by atoms with E-state index in [0.29, 0.717) is 16.5 Å². The molecule has 0 spiro atoms. The average molecular weight is 353 g/mol. The SMILES string of the molecule is CCOC(=O)c1c(NC(=O)COC(=O)[C@@H]2C[C@@H]2C)sc(CC)c1C. The third kappa shape index (κ3) is 4.14. The summed E-state index contributed by atoms with van der Waals surface area (Å²) in [4.78, 5) is 36.9. The number of amides is 1. The van der Waals surface area contributed by atoms with Crippen molar-refractivity contribution in [3.63, 3.8) is 0 Å². The summed E-state index contributed by atoms with van der Waals surface area (Å²) in [5, 5.41) is 3.12. The van der Waals surface area contributed by atoms with Gasteiger partial charge in [-0.1, -0.05) is 13.8 Å². The number of ether oxygens (including phenoxy) is 2. The Labute approximate surface area is 145 Å². The molecule has 2 rings (SSSR count). The number of esters is 2. The van der Waals surface area contributed by atoms with Crippen LogP contribution in [0.5, 0.6) is 0 Å². The van der Waals surface area contributed by atoms with Crippen LogP contribution >= 0.6 is 11.3 Å². The smallest absolute Gasteiger partial charge is 0.341 e. The van der Waals surface area contributed by atoms with Gasteiger partial charge >= 0.3 is 11.9 Å². The summed E-state index contributed by atoms with van der Waals surface area (Å²) >= 11 is 1.35. The lowest BCUT2D eigenvalue weighted by molar-refractivity contribution is -0.148. The van der Waals surface area contributed by atoms with E-state index in [-0.39, 0.29) is 25.1 Å². The average Bonchev–Trinajstić information content (AvgIpc) is 3.18. The Morgan fingerprint density at radius 3 is 2.46 bits per heavy atom. The van der Waals surface area contributed by atoms with Crippen molar-refractivity contribution in [2.45, 2.75) is 40.5 Å². The van der Waals surface area contributed by atoms with Crippen LogP contribution in [0.1, 0.15) is 48.0 Å². The molecule has 0 aliphatic heterocycles. The van der Waals surface area contributed by atoms with E-state index in [1.807, 2.05) is 20.8 Å². The first-order valence-corrected chi connectivity index (χ1v) is 8.96. The van der Waals surface area contributed by atoms with Gasteiger partial charge in [-0.25, -0.2) is 4.79 Å². The molecule has 1 aliphatic rings. The van der Waals surface area contributed by atoms with Gasteiger partial charge in [-0.05, 0) is 38.2 Å². The normalized spacial score (nSPS) is 18.8. The standard InChI is InChI=1S/C17H23NO5S/c1-5-12-10(4)14(17(21)22-6-2)15(24-12)18-13(19)8-23-16(20)11-7-9(11)3/h9,11H,5-8H2,1-4H3,(H,18,19)/t9-,11+/m0/s1. The summed E-state index contributed by atoms with van der Waals surface area (Å²) in [6.45, 7) is 7.45. The fourth-order valence-electron chi connectivity index (χ4n) is 2.49. The molecule has 0 bridgehead atoms. The first-order chi connectivity index (χ1) is 11.4. The van der Waals surface area contributed by atoms with Gasteiger partial charge in [0.05, 0.1) is 18.1 Å². The number of rotatable bonds is 7. The zero-order valence-electron chi connectivity index (χ0n) is 14.4. The number of hydrogen-bond donors (Lipinski definition) is 1. The van der Waals surface area contributed by atoms with Crippen molar-refractivity contribution in [3.05, 3.63) is 16.0 Å². The first kappa shape index (κ1) is 18.4. The Bertz CT molecular complexity index is 652. The van der Waals surface area contributed by atoms with Gasteiger partial charge in [-0.2, -0.15) is 0 Å². The van der Waals surface area contributed by atoms with Gasteiger partial charge in [0.25, 0.3) is 5.91 Å². The maximum atomic E-state index is 12.1. The third-order valence-corrected chi connectivity index (χ3v) is 5.41. The van der Waals surface area contributed by atoms with Crippen molar-refractivity contribution in [3.8, 4) is 0 Å². The molecule has 1 heterocycles. The predicted octanol–water partition coefficient (Wildman–Crippen LogP) is 2.93. The fraction of sp³-hybridized carbons (Fsp3) is 0.588. The van der Waals surface area contributed by atoms with Gasteiger partial charge in [0.1, 0.15) is 5.00 Å². The molecule has 24 heavy (non-hydrogen) atoms. The van der Waals surface area contributed by atoms with E-state index >= 15 is 0 Å². The molecule has 132 valence electrons. The molecule has 1 saturated carbocycles. The number of hydrogen-bond acceptors (Lipinski definition) is 6. The third-order valence-electron chi connectivity index (χ3n) is 4.06. The Kier molecular flexibility index (Phi) is 5.99. The quantitative estimate of drug-likeness (QED) is 0.762. The van der Waals surface area contributed by atoms with Crippen LogP contribution in [0.4, 0.5) is 5.00 Å². The fourth-order valence-corrected chi connectivity index (χ4v) is 3.64. The molecule has 1 aromatic rings. The number of nitrogens with one attached hydrogen (secondary N) is 1. The summed E-state index contributed by atoms with van der Waals surface area (Å²) in [5.41, 5.74) is 1.20. The highest BCUT2D eigenvalue weighted by Crippen LogP contribution is 2.38. The maximum absolute atomic E-state index is 12.1. The highest BCUT2D eigenvalue weighted by atomic mass is 32.1. The van der Waals surface area contributed by atoms with Crippen LogP contribution in [0.25, 0.3) is 0 Å². The van der Waals surface area contributed by atoms with E-state index in [9.17, 15) is 14.4 Å². The van der Waals surface area contributed by atoms with E-state index in [1.165, 1.54) is 11.3 Å². The largest absolute Gasteiger partial charge is 0.462 e. The van der Waals surface area contributed by atoms with Crippen LogP contribution in [0.2, 0.25) is 0 Å². The van der Waals surface area contributed by atoms with Gasteiger partial charge in [-0.3, -0.25) is 9.59 Å². The van der Waals surface area contributed by atoms with Crippen LogP contribution in [0.3, 0.4) is 0 Å². The van der Waals surface area contributed by atoms with E-state index < -0.39 is 11.9 Å². The minimum atomic E-state index is -0.454. The van der Waals surface area contributed by atoms with E-state index in [2.05, 4.69) is 5.32 Å². The van der Waals surface area contributed by atoms with Gasteiger partial charge < -0.3 is 14.8 Å². The first-order valence-electron chi connectivity index (χ1n) is 8.14. The zero-order chi connectivity index (χ0) is 17.9. The summed E-state index contributed by atoms with van der Waals surface area (Å²) in [6, 6.07) is 0. The second-order valence-corrected chi connectivity index (χ2v) is 7.01. The second-order valence-electron chi connectivity index (χ2n) is 5.90. The minimum Gasteiger partial charge on any atom is -0.462 e. The summed E-state index contributed by atoms with van der Waals surface area (Å²) in [6.07, 6.45) is 1.57. The molecule has 0 radical (unpaired) electrons. The number of anilines is 1. The topological polar surface area (TPSA) is 81.7 Å². The van der Waals surface area contributed by atoms with Crippen LogP contribution in [0, 0.1) is 18.8 Å². The molecule has 1 aliphatic carbocycles. The molecular formula is C17H23NO5S. The minimum absolute atomic E-state index is 0.0800. The molecular weight excluding hydrogens is 330 g/mol. The highest BCUT2D eigenvalue weighted by Gasteiger charge is 2.40. The molecule has 1 N–H and O–H groups in total. The summed E-state index contributed by atoms with van der Waals surface area (Å²) in [5.74, 6) is -0.984. The lowest BCUT2D eigenvalue weighted by Gasteiger charge is -2.08. The molecule has 0 unspecified atom stereocenters. The van der Waals surface area contributed by atoms with Gasteiger partial charge in [0, 0.05) is 4.88 Å². The van der Waals surface area contributed by atoms with Crippen molar-refractivity contribution in [2.24, 2.45) is 11.8 Å². The molecule has 0 saturated heterocycles. The van der Waals surface area contributed by atoms with Gasteiger partial charge in [0.15, 0.2) is 6.61 Å². The monoisotopic (exact) mass is 353 g/mol. The van der Waals surface area contributed by atoms with Gasteiger partial charge in [0.2, 0.25) is 0 Å². The van der Waals surface area contributed by atoms with Crippen molar-refractivity contribution < 1.29 is 23.9 Å². The number of carbonyl (C=O) groups excluding carboxylic acids is 3. The number of carbonyl (C=O) groups is 3. The highest BCUT2D eigenvalue weighted by molar-refractivity contribution is 7.17. The molecule has 2 atom stereocenters. The Balaban J connectivity index is 2.03. The van der Waals surface area contributed by atoms with E-state index in [1.54, 1.807) is 6.92 Å². The van der Waals surface area contributed by atoms with E-state index in [0.717, 1.165) is 23.3 Å². The van der Waals surface area contributed by atoms with Crippen LogP contribution in [0.15, 0.2) is 0 Å². The van der Waals surface area contributed by atoms with E-state index in [4.69, 9.17) is 9.47 Å². The van der Waals surface area contributed by atoms with Crippen molar-refractivity contribution in [1.82, 2.24) is 0 Å². The Hall–Kier alpha value is -1.89. The summed E-state index contributed by atoms with van der Waals surface area (Å²) in [7, 11) is 0. The molecule has 1 amide bonds. The molecule has 7 heteroatoms. The van der Waals surface area contributed by atoms with Crippen molar-refractivity contribution in [2.75, 3.05) is 18.5 Å². The van der Waals surface area contributed by atoms with Crippen LogP contribution in [-0.4, -0.2) is 31.1 Å². The number of thiophene rings is 1. The lowest BCUT2D eigenvalue weighted by Crippen LogP contribution is -2.22. The molecule has 1 fully saturated rings. The predicted molar refractivity (Wildman–Crippen MR) is 91.3 cm³/mol. The molecule has 6 nitrogen and oxygen atoms in total. The molecule has 1 aromatic heterocycles. The van der Waals surface area contributed by atoms with Gasteiger partial charge in [-0.15, -0.1) is 11.3 Å².